The number of hydrogen-bond acceptors (Lipinski definition) is 2. The van der Waals surface area contributed by atoms with Crippen LogP contribution in [-0.4, -0.2) is 18.0 Å². The number of alkyl halides is 1. The molecule has 1 atom stereocenters. The van der Waals surface area contributed by atoms with Crippen LogP contribution in [0.3, 0.4) is 0 Å². The van der Waals surface area contributed by atoms with E-state index in [0.717, 1.165) is 31.1 Å². The second kappa shape index (κ2) is 10.1. The highest BCUT2D eigenvalue weighted by molar-refractivity contribution is 9.09. The third-order valence-electron chi connectivity index (χ3n) is 4.41. The molecule has 2 rings (SSSR count). The van der Waals surface area contributed by atoms with Crippen molar-refractivity contribution in [1.82, 2.24) is 0 Å². The van der Waals surface area contributed by atoms with Crippen molar-refractivity contribution in [2.75, 3.05) is 13.2 Å². The number of aryl methyl sites for hydroxylation is 1. The molecule has 2 aromatic rings. The highest BCUT2D eigenvalue weighted by Gasteiger charge is 2.07. The molecule has 0 saturated carbocycles. The van der Waals surface area contributed by atoms with Crippen molar-refractivity contribution in [3.63, 3.8) is 0 Å². The monoisotopic (exact) mass is 406 g/mol. The number of unbranched alkanes of at least 4 members (excludes halogenated alkanes) is 1. The molecule has 2 nitrogen and oxygen atoms in total. The molecule has 0 aromatic heterocycles. The Morgan fingerprint density at radius 2 is 1.84 bits per heavy atom. The van der Waals surface area contributed by atoms with Crippen molar-refractivity contribution >= 4 is 26.7 Å². The summed E-state index contributed by atoms with van der Waals surface area (Å²) in [6.45, 7) is 10.2. The van der Waals surface area contributed by atoms with E-state index in [2.05, 4.69) is 74.0 Å². The molecule has 2 aromatic carbocycles. The van der Waals surface area contributed by atoms with Crippen LogP contribution in [0.15, 0.2) is 30.3 Å². The van der Waals surface area contributed by atoms with E-state index in [4.69, 9.17) is 9.47 Å². The summed E-state index contributed by atoms with van der Waals surface area (Å²) in [5.41, 5.74) is 1.21. The molecule has 138 valence electrons. The van der Waals surface area contributed by atoms with Gasteiger partial charge in [-0.05, 0) is 73.1 Å². The van der Waals surface area contributed by atoms with Gasteiger partial charge in [-0.1, -0.05) is 48.8 Å². The quantitative estimate of drug-likeness (QED) is 0.315. The summed E-state index contributed by atoms with van der Waals surface area (Å²) in [5.74, 6) is 2.47. The predicted molar refractivity (Wildman–Crippen MR) is 111 cm³/mol. The van der Waals surface area contributed by atoms with Gasteiger partial charge in [0.2, 0.25) is 0 Å². The van der Waals surface area contributed by atoms with Crippen LogP contribution in [0, 0.1) is 12.8 Å². The Hall–Kier alpha value is -1.22. The molecule has 0 aliphatic heterocycles. The zero-order valence-electron chi connectivity index (χ0n) is 16.0. The molecule has 0 aliphatic rings. The van der Waals surface area contributed by atoms with Crippen LogP contribution in [-0.2, 0) is 0 Å². The Balaban J connectivity index is 1.95. The molecule has 3 heteroatoms. The number of hydrogen-bond donors (Lipinski definition) is 0. The highest BCUT2D eigenvalue weighted by atomic mass is 79.9. The van der Waals surface area contributed by atoms with Gasteiger partial charge < -0.3 is 9.47 Å². The van der Waals surface area contributed by atoms with Crippen LogP contribution in [0.2, 0.25) is 0 Å². The maximum atomic E-state index is 6.02. The first-order valence-electron chi connectivity index (χ1n) is 9.44. The summed E-state index contributed by atoms with van der Waals surface area (Å²) in [7, 11) is 0. The standard InChI is InChI=1S/C22H31BrO2/c1-5-19(23)8-6-7-13-24-22-12-9-18-14-20(25-15-16(2)3)10-11-21(18)17(22)4/h9-12,14,16,19H,5-8,13,15H2,1-4H3. The van der Waals surface area contributed by atoms with Gasteiger partial charge in [0.25, 0.3) is 0 Å². The third kappa shape index (κ3) is 6.22. The van der Waals surface area contributed by atoms with E-state index >= 15 is 0 Å². The van der Waals surface area contributed by atoms with E-state index in [-0.39, 0.29) is 0 Å². The fourth-order valence-corrected chi connectivity index (χ4v) is 3.13. The Bertz CT molecular complexity index is 666. The smallest absolute Gasteiger partial charge is 0.122 e. The van der Waals surface area contributed by atoms with Gasteiger partial charge in [-0.2, -0.15) is 0 Å². The minimum absolute atomic E-state index is 0.533. The Labute approximate surface area is 161 Å². The van der Waals surface area contributed by atoms with Gasteiger partial charge in [0.05, 0.1) is 13.2 Å². The lowest BCUT2D eigenvalue weighted by Crippen LogP contribution is -2.04. The van der Waals surface area contributed by atoms with Crippen LogP contribution in [0.4, 0.5) is 0 Å². The number of benzene rings is 2. The van der Waals surface area contributed by atoms with E-state index in [1.807, 2.05) is 0 Å². The fourth-order valence-electron chi connectivity index (χ4n) is 2.81. The van der Waals surface area contributed by atoms with Crippen molar-refractivity contribution in [3.8, 4) is 11.5 Å². The SMILES string of the molecule is CCC(Br)CCCCOc1ccc2cc(OCC(C)C)ccc2c1C. The number of ether oxygens (including phenoxy) is 2. The lowest BCUT2D eigenvalue weighted by Gasteiger charge is -2.14. The molecule has 0 saturated heterocycles. The molecular formula is C22H31BrO2. The fraction of sp³-hybridized carbons (Fsp3) is 0.545. The number of fused-ring (bicyclic) bond motifs is 1. The van der Waals surface area contributed by atoms with Crippen molar-refractivity contribution in [2.45, 2.75) is 58.2 Å². The van der Waals surface area contributed by atoms with Crippen molar-refractivity contribution in [3.05, 3.63) is 35.9 Å². The molecular weight excluding hydrogens is 376 g/mol. The first-order chi connectivity index (χ1) is 12.0. The molecule has 0 spiro atoms. The van der Waals surface area contributed by atoms with Gasteiger partial charge in [0.15, 0.2) is 0 Å². The highest BCUT2D eigenvalue weighted by Crippen LogP contribution is 2.30. The van der Waals surface area contributed by atoms with Gasteiger partial charge in [-0.25, -0.2) is 0 Å². The molecule has 0 bridgehead atoms. The summed E-state index contributed by atoms with van der Waals surface area (Å²) in [4.78, 5) is 0.641. The zero-order valence-corrected chi connectivity index (χ0v) is 17.6. The van der Waals surface area contributed by atoms with E-state index in [9.17, 15) is 0 Å². The van der Waals surface area contributed by atoms with Crippen LogP contribution < -0.4 is 9.47 Å². The van der Waals surface area contributed by atoms with E-state index in [1.54, 1.807) is 0 Å². The minimum atomic E-state index is 0.533. The van der Waals surface area contributed by atoms with Crippen LogP contribution >= 0.6 is 15.9 Å². The molecule has 0 aliphatic carbocycles. The van der Waals surface area contributed by atoms with Crippen molar-refractivity contribution in [1.29, 1.82) is 0 Å². The van der Waals surface area contributed by atoms with Crippen LogP contribution in [0.5, 0.6) is 11.5 Å². The molecule has 0 fully saturated rings. The minimum Gasteiger partial charge on any atom is -0.493 e. The average molecular weight is 407 g/mol. The van der Waals surface area contributed by atoms with Gasteiger partial charge in [-0.3, -0.25) is 0 Å². The van der Waals surface area contributed by atoms with Crippen molar-refractivity contribution < 1.29 is 9.47 Å². The first-order valence-corrected chi connectivity index (χ1v) is 10.4. The third-order valence-corrected chi connectivity index (χ3v) is 5.51. The van der Waals surface area contributed by atoms with Crippen LogP contribution in [0.25, 0.3) is 10.8 Å². The summed E-state index contributed by atoms with van der Waals surface area (Å²) in [5, 5.41) is 2.44. The van der Waals surface area contributed by atoms with E-state index in [1.165, 1.54) is 35.6 Å². The maximum Gasteiger partial charge on any atom is 0.122 e. The average Bonchev–Trinajstić information content (AvgIpc) is 2.61. The van der Waals surface area contributed by atoms with Gasteiger partial charge in [0.1, 0.15) is 11.5 Å². The lowest BCUT2D eigenvalue weighted by molar-refractivity contribution is 0.271. The Morgan fingerprint density at radius 1 is 1.04 bits per heavy atom. The van der Waals surface area contributed by atoms with Gasteiger partial charge in [0, 0.05) is 4.83 Å². The first kappa shape index (κ1) is 20.1. The van der Waals surface area contributed by atoms with E-state index in [0.29, 0.717) is 10.7 Å². The molecule has 25 heavy (non-hydrogen) atoms. The molecule has 0 heterocycles. The lowest BCUT2D eigenvalue weighted by atomic mass is 10.0. The van der Waals surface area contributed by atoms with Crippen molar-refractivity contribution in [2.24, 2.45) is 5.92 Å². The van der Waals surface area contributed by atoms with Crippen LogP contribution in [0.1, 0.15) is 52.0 Å². The number of rotatable bonds is 10. The second-order valence-corrected chi connectivity index (χ2v) is 8.42. The van der Waals surface area contributed by atoms with E-state index < -0.39 is 0 Å². The maximum absolute atomic E-state index is 6.02. The molecule has 0 radical (unpaired) electrons. The summed E-state index contributed by atoms with van der Waals surface area (Å²) in [6, 6.07) is 10.5. The van der Waals surface area contributed by atoms with Gasteiger partial charge in [-0.15, -0.1) is 0 Å². The Morgan fingerprint density at radius 3 is 2.56 bits per heavy atom. The normalized spacial score (nSPS) is 12.6. The molecule has 1 unspecified atom stereocenters. The number of halogens is 1. The summed E-state index contributed by atoms with van der Waals surface area (Å²) < 4.78 is 11.9. The zero-order chi connectivity index (χ0) is 18.2. The molecule has 0 amide bonds. The predicted octanol–water partition coefficient (Wildman–Crippen LogP) is 6.91. The van der Waals surface area contributed by atoms with Gasteiger partial charge >= 0.3 is 0 Å². The second-order valence-electron chi connectivity index (χ2n) is 7.13. The largest absolute Gasteiger partial charge is 0.493 e. The molecule has 0 N–H and O–H groups in total. The Kier molecular flexibility index (Phi) is 8.08. The topological polar surface area (TPSA) is 18.5 Å². The summed E-state index contributed by atoms with van der Waals surface area (Å²) in [6.07, 6.45) is 4.71. The summed E-state index contributed by atoms with van der Waals surface area (Å²) >= 11 is 3.69.